The molecule has 0 radical (unpaired) electrons. The molecule has 0 amide bonds. The number of aromatic carboxylic acids is 1. The number of carbonyl (C=O) groups is 1. The third-order valence-corrected chi connectivity index (χ3v) is 2.43. The highest BCUT2D eigenvalue weighted by Crippen LogP contribution is 2.16. The Kier molecular flexibility index (Phi) is 2.82. The SMILES string of the molecule is CNc1cc(C(=O)O)n(-c2cccc(C)c2)n1. The molecule has 1 heterocycles. The number of aromatic nitrogens is 2. The van der Waals surface area contributed by atoms with Gasteiger partial charge in [-0.1, -0.05) is 12.1 Å². The van der Waals surface area contributed by atoms with Gasteiger partial charge in [0.1, 0.15) is 5.82 Å². The molecule has 0 aliphatic carbocycles. The van der Waals surface area contributed by atoms with Gasteiger partial charge in [-0.05, 0) is 24.6 Å². The summed E-state index contributed by atoms with van der Waals surface area (Å²) in [7, 11) is 1.70. The lowest BCUT2D eigenvalue weighted by Gasteiger charge is -2.04. The van der Waals surface area contributed by atoms with Crippen LogP contribution in [0.2, 0.25) is 0 Å². The van der Waals surface area contributed by atoms with Crippen LogP contribution in [-0.2, 0) is 0 Å². The van der Waals surface area contributed by atoms with Gasteiger partial charge in [-0.2, -0.15) is 0 Å². The summed E-state index contributed by atoms with van der Waals surface area (Å²) in [5.74, 6) is -0.468. The van der Waals surface area contributed by atoms with E-state index in [2.05, 4.69) is 10.4 Å². The third kappa shape index (κ3) is 2.13. The molecule has 1 aromatic heterocycles. The molecule has 0 atom stereocenters. The Morgan fingerprint density at radius 3 is 2.76 bits per heavy atom. The predicted octanol–water partition coefficient (Wildman–Crippen LogP) is 1.92. The molecule has 0 fully saturated rings. The van der Waals surface area contributed by atoms with Crippen LogP contribution in [0.4, 0.5) is 5.82 Å². The average Bonchev–Trinajstić information content (AvgIpc) is 2.73. The molecule has 5 nitrogen and oxygen atoms in total. The van der Waals surface area contributed by atoms with E-state index in [9.17, 15) is 4.79 Å². The second-order valence-electron chi connectivity index (χ2n) is 3.72. The van der Waals surface area contributed by atoms with Crippen LogP contribution in [0.15, 0.2) is 30.3 Å². The molecule has 2 rings (SSSR count). The molecule has 1 aromatic carbocycles. The molecular weight excluding hydrogens is 218 g/mol. The maximum absolute atomic E-state index is 11.1. The summed E-state index contributed by atoms with van der Waals surface area (Å²) >= 11 is 0. The van der Waals surface area contributed by atoms with Crippen molar-refractivity contribution in [1.29, 1.82) is 0 Å². The maximum Gasteiger partial charge on any atom is 0.354 e. The molecule has 0 unspecified atom stereocenters. The summed E-state index contributed by atoms with van der Waals surface area (Å²) in [6.45, 7) is 1.95. The molecular formula is C12H13N3O2. The molecule has 2 N–H and O–H groups in total. The lowest BCUT2D eigenvalue weighted by molar-refractivity contribution is 0.0687. The number of benzene rings is 1. The Morgan fingerprint density at radius 2 is 2.18 bits per heavy atom. The first-order chi connectivity index (χ1) is 8.11. The zero-order valence-electron chi connectivity index (χ0n) is 9.64. The number of aryl methyl sites for hydroxylation is 1. The number of hydrogen-bond donors (Lipinski definition) is 2. The fourth-order valence-corrected chi connectivity index (χ4v) is 1.61. The van der Waals surface area contributed by atoms with Gasteiger partial charge >= 0.3 is 5.97 Å². The number of carboxylic acid groups (broad SMARTS) is 1. The van der Waals surface area contributed by atoms with E-state index >= 15 is 0 Å². The van der Waals surface area contributed by atoms with Crippen LogP contribution < -0.4 is 5.32 Å². The highest BCUT2D eigenvalue weighted by Gasteiger charge is 2.14. The molecule has 17 heavy (non-hydrogen) atoms. The first kappa shape index (κ1) is 11.2. The van der Waals surface area contributed by atoms with Crippen LogP contribution in [0.3, 0.4) is 0 Å². The summed E-state index contributed by atoms with van der Waals surface area (Å²) in [4.78, 5) is 11.1. The number of carboxylic acids is 1. The maximum atomic E-state index is 11.1. The van der Waals surface area contributed by atoms with Gasteiger partial charge in [0.15, 0.2) is 5.69 Å². The first-order valence-corrected chi connectivity index (χ1v) is 5.20. The van der Waals surface area contributed by atoms with Gasteiger partial charge in [0.05, 0.1) is 5.69 Å². The highest BCUT2D eigenvalue weighted by molar-refractivity contribution is 5.87. The molecule has 88 valence electrons. The Morgan fingerprint density at radius 1 is 1.41 bits per heavy atom. The predicted molar refractivity (Wildman–Crippen MR) is 64.8 cm³/mol. The topological polar surface area (TPSA) is 67.2 Å². The number of anilines is 1. The van der Waals surface area contributed by atoms with Gasteiger partial charge in [0, 0.05) is 13.1 Å². The van der Waals surface area contributed by atoms with Crippen LogP contribution in [0.1, 0.15) is 16.1 Å². The van der Waals surface area contributed by atoms with Crippen molar-refractivity contribution in [1.82, 2.24) is 9.78 Å². The van der Waals surface area contributed by atoms with Crippen molar-refractivity contribution in [2.45, 2.75) is 6.92 Å². The van der Waals surface area contributed by atoms with E-state index in [0.717, 1.165) is 11.3 Å². The Labute approximate surface area is 98.7 Å². The van der Waals surface area contributed by atoms with Crippen molar-refractivity contribution in [3.63, 3.8) is 0 Å². The minimum Gasteiger partial charge on any atom is -0.477 e. The Bertz CT molecular complexity index is 561. The van der Waals surface area contributed by atoms with Crippen LogP contribution in [0.5, 0.6) is 0 Å². The standard InChI is InChI=1S/C12H13N3O2/c1-8-4-3-5-9(6-8)15-10(12(16)17)7-11(13-2)14-15/h3-7H,1-2H3,(H,13,14)(H,16,17). The van der Waals surface area contributed by atoms with Crippen molar-refractivity contribution in [2.75, 3.05) is 12.4 Å². The van der Waals surface area contributed by atoms with Crippen LogP contribution in [-0.4, -0.2) is 27.9 Å². The lowest BCUT2D eigenvalue weighted by Crippen LogP contribution is -2.07. The minimum absolute atomic E-state index is 0.139. The van der Waals surface area contributed by atoms with E-state index in [1.54, 1.807) is 7.05 Å². The smallest absolute Gasteiger partial charge is 0.354 e. The van der Waals surface area contributed by atoms with Crippen LogP contribution in [0.25, 0.3) is 5.69 Å². The van der Waals surface area contributed by atoms with E-state index in [0.29, 0.717) is 5.82 Å². The minimum atomic E-state index is -1.000. The summed E-state index contributed by atoms with van der Waals surface area (Å²) in [6.07, 6.45) is 0. The number of rotatable bonds is 3. The Balaban J connectivity index is 2.57. The van der Waals surface area contributed by atoms with Gasteiger partial charge < -0.3 is 10.4 Å². The van der Waals surface area contributed by atoms with Gasteiger partial charge in [-0.15, -0.1) is 5.10 Å². The molecule has 0 saturated carbocycles. The molecule has 0 spiro atoms. The van der Waals surface area contributed by atoms with Crippen molar-refractivity contribution in [2.24, 2.45) is 0 Å². The summed E-state index contributed by atoms with van der Waals surface area (Å²) in [5, 5.41) is 16.1. The summed E-state index contributed by atoms with van der Waals surface area (Å²) in [5.41, 5.74) is 1.93. The lowest BCUT2D eigenvalue weighted by atomic mass is 10.2. The summed E-state index contributed by atoms with van der Waals surface area (Å²) < 4.78 is 1.42. The van der Waals surface area contributed by atoms with Gasteiger partial charge in [0.25, 0.3) is 0 Å². The second kappa shape index (κ2) is 4.29. The zero-order chi connectivity index (χ0) is 12.4. The first-order valence-electron chi connectivity index (χ1n) is 5.20. The van der Waals surface area contributed by atoms with Gasteiger partial charge in [-0.3, -0.25) is 0 Å². The number of hydrogen-bond acceptors (Lipinski definition) is 3. The van der Waals surface area contributed by atoms with E-state index in [1.165, 1.54) is 10.7 Å². The third-order valence-electron chi connectivity index (χ3n) is 2.43. The van der Waals surface area contributed by atoms with Crippen molar-refractivity contribution in [3.8, 4) is 5.69 Å². The van der Waals surface area contributed by atoms with E-state index < -0.39 is 5.97 Å². The van der Waals surface area contributed by atoms with Crippen LogP contribution in [0, 0.1) is 6.92 Å². The number of nitrogens with zero attached hydrogens (tertiary/aromatic N) is 2. The molecule has 2 aromatic rings. The quantitative estimate of drug-likeness (QED) is 0.846. The van der Waals surface area contributed by atoms with Crippen molar-refractivity contribution >= 4 is 11.8 Å². The van der Waals surface area contributed by atoms with Gasteiger partial charge in [0.2, 0.25) is 0 Å². The van der Waals surface area contributed by atoms with Gasteiger partial charge in [-0.25, -0.2) is 9.48 Å². The van der Waals surface area contributed by atoms with Crippen LogP contribution >= 0.6 is 0 Å². The summed E-state index contributed by atoms with van der Waals surface area (Å²) in [6, 6.07) is 9.04. The van der Waals surface area contributed by atoms with Crippen molar-refractivity contribution in [3.05, 3.63) is 41.6 Å². The number of nitrogens with one attached hydrogen (secondary N) is 1. The molecule has 0 aliphatic heterocycles. The zero-order valence-corrected chi connectivity index (χ0v) is 9.64. The Hall–Kier alpha value is -2.30. The normalized spacial score (nSPS) is 10.2. The fraction of sp³-hybridized carbons (Fsp3) is 0.167. The molecule has 0 saturated heterocycles. The van der Waals surface area contributed by atoms with E-state index in [4.69, 9.17) is 5.11 Å². The highest BCUT2D eigenvalue weighted by atomic mass is 16.4. The largest absolute Gasteiger partial charge is 0.477 e. The molecule has 5 heteroatoms. The van der Waals surface area contributed by atoms with E-state index in [1.807, 2.05) is 31.2 Å². The van der Waals surface area contributed by atoms with E-state index in [-0.39, 0.29) is 5.69 Å². The second-order valence-corrected chi connectivity index (χ2v) is 3.72. The molecule has 0 aliphatic rings. The fourth-order valence-electron chi connectivity index (χ4n) is 1.61. The average molecular weight is 231 g/mol. The van der Waals surface area contributed by atoms with Crippen molar-refractivity contribution < 1.29 is 9.90 Å². The monoisotopic (exact) mass is 231 g/mol. The molecule has 0 bridgehead atoms.